The van der Waals surface area contributed by atoms with Gasteiger partial charge < -0.3 is 13.3 Å². The van der Waals surface area contributed by atoms with E-state index in [1.807, 2.05) is 6.07 Å². The molecule has 0 fully saturated rings. The summed E-state index contributed by atoms with van der Waals surface area (Å²) in [6, 6.07) is 2.82. The van der Waals surface area contributed by atoms with Crippen molar-refractivity contribution in [2.45, 2.75) is 12.5 Å². The topological polar surface area (TPSA) is 51.5 Å². The fourth-order valence-corrected chi connectivity index (χ4v) is 4.94. The second-order valence-corrected chi connectivity index (χ2v) is 9.31. The number of nitrogens with zero attached hydrogens (tertiary/aromatic N) is 1. The van der Waals surface area contributed by atoms with E-state index in [0.717, 1.165) is 21.7 Å². The lowest BCUT2D eigenvalue weighted by Gasteiger charge is -2.24. The highest BCUT2D eigenvalue weighted by Gasteiger charge is 2.36. The molecule has 0 aliphatic rings. The highest BCUT2D eigenvalue weighted by Crippen LogP contribution is 2.21. The Kier molecular flexibility index (Phi) is 10.5. The number of hydrogen-bond donors (Lipinski definition) is 0. The van der Waals surface area contributed by atoms with E-state index >= 15 is 0 Å². The van der Waals surface area contributed by atoms with Crippen molar-refractivity contribution in [1.82, 2.24) is 0 Å². The summed E-state index contributed by atoms with van der Waals surface area (Å²) in [5.41, 5.74) is 0. The van der Waals surface area contributed by atoms with Crippen LogP contribution < -0.4 is 0 Å². The quantitative estimate of drug-likeness (QED) is 0.388. The molecule has 0 amide bonds. The van der Waals surface area contributed by atoms with Crippen molar-refractivity contribution in [3.63, 3.8) is 0 Å². The van der Waals surface area contributed by atoms with E-state index in [0.29, 0.717) is 5.75 Å². The normalized spacial score (nSPS) is 11.2. The number of rotatable bonds is 8. The third-order valence-electron chi connectivity index (χ3n) is 2.03. The molecule has 4 nitrogen and oxygen atoms in total. The molecule has 0 aliphatic carbocycles. The van der Waals surface area contributed by atoms with Gasteiger partial charge in [0.2, 0.25) is 0 Å². The van der Waals surface area contributed by atoms with E-state index in [9.17, 15) is 0 Å². The maximum Gasteiger partial charge on any atom is 0.500 e. The molecule has 0 radical (unpaired) electrons. The molecule has 0 aromatic heterocycles. The van der Waals surface area contributed by atoms with Crippen molar-refractivity contribution in [2.75, 3.05) is 32.8 Å². The van der Waals surface area contributed by atoms with Gasteiger partial charge in [-0.05, 0) is 12.2 Å². The second kappa shape index (κ2) is 10.3. The van der Waals surface area contributed by atoms with E-state index in [1.165, 1.54) is 11.8 Å². The first-order valence-corrected chi connectivity index (χ1v) is 9.27. The van der Waals surface area contributed by atoms with Gasteiger partial charge in [-0.1, -0.05) is 24.0 Å². The molecule has 0 N–H and O–H groups in total. The molecule has 98 valence electrons. The third-order valence-corrected chi connectivity index (χ3v) is 7.52. The fourth-order valence-electron chi connectivity index (χ4n) is 1.13. The highest BCUT2D eigenvalue weighted by molar-refractivity contribution is 8.47. The van der Waals surface area contributed by atoms with Crippen LogP contribution >= 0.6 is 35.7 Å². The third kappa shape index (κ3) is 7.41. The van der Waals surface area contributed by atoms with Crippen molar-refractivity contribution >= 4 is 48.1 Å². The first kappa shape index (κ1) is 17.4. The molecule has 0 heterocycles. The standard InChI is InChI=1S/C9H17NO3S3Si/c1-11-17(12-2,13-3)8-4-6-15-9(14)16-7-5-10/h4,6-8H2,1-3H3. The van der Waals surface area contributed by atoms with E-state index in [2.05, 4.69) is 0 Å². The van der Waals surface area contributed by atoms with Crippen LogP contribution in [0.15, 0.2) is 0 Å². The molecule has 0 aliphatic heterocycles. The number of hydrogen-bond acceptors (Lipinski definition) is 7. The molecular formula is C9H17NO3S3Si. The predicted molar refractivity (Wildman–Crippen MR) is 79.3 cm³/mol. The summed E-state index contributed by atoms with van der Waals surface area (Å²) in [5.74, 6) is 1.31. The average Bonchev–Trinajstić information content (AvgIpc) is 2.37. The molecule has 8 heteroatoms. The van der Waals surface area contributed by atoms with Gasteiger partial charge in [-0.2, -0.15) is 5.26 Å². The maximum absolute atomic E-state index is 8.41. The maximum atomic E-state index is 8.41. The summed E-state index contributed by atoms with van der Waals surface area (Å²) in [6.45, 7) is 0. The molecule has 0 aromatic carbocycles. The molecular weight excluding hydrogens is 294 g/mol. The van der Waals surface area contributed by atoms with Crippen molar-refractivity contribution in [3.05, 3.63) is 0 Å². The number of thiocarbonyl (C=S) groups is 1. The number of nitriles is 1. The van der Waals surface area contributed by atoms with Gasteiger partial charge in [-0.15, -0.1) is 11.8 Å². The Hall–Kier alpha value is 0.377. The Morgan fingerprint density at radius 3 is 2.29 bits per heavy atom. The Labute approximate surface area is 118 Å². The Bertz CT molecular complexity index is 260. The lowest BCUT2D eigenvalue weighted by molar-refractivity contribution is 0.123. The van der Waals surface area contributed by atoms with E-state index in [-0.39, 0.29) is 0 Å². The van der Waals surface area contributed by atoms with Crippen LogP contribution in [0.1, 0.15) is 6.42 Å². The van der Waals surface area contributed by atoms with Crippen LogP contribution in [-0.4, -0.2) is 45.2 Å². The first-order valence-electron chi connectivity index (χ1n) is 4.96. The van der Waals surface area contributed by atoms with Crippen LogP contribution in [0.3, 0.4) is 0 Å². The molecule has 0 unspecified atom stereocenters. The fraction of sp³-hybridized carbons (Fsp3) is 0.778. The zero-order valence-corrected chi connectivity index (χ0v) is 13.7. The van der Waals surface area contributed by atoms with Crippen LogP contribution in [0.5, 0.6) is 0 Å². The monoisotopic (exact) mass is 311 g/mol. The second-order valence-electron chi connectivity index (χ2n) is 2.94. The van der Waals surface area contributed by atoms with E-state index in [1.54, 1.807) is 33.1 Å². The summed E-state index contributed by atoms with van der Waals surface area (Å²) in [5, 5.41) is 8.41. The first-order chi connectivity index (χ1) is 8.14. The molecule has 0 spiro atoms. The SMILES string of the molecule is CO[Si](CCCSC(=S)SCC#N)(OC)OC. The van der Waals surface area contributed by atoms with Gasteiger partial charge in [-0.25, -0.2) is 0 Å². The highest BCUT2D eigenvalue weighted by atomic mass is 32.2. The summed E-state index contributed by atoms with van der Waals surface area (Å²) < 4.78 is 16.7. The van der Waals surface area contributed by atoms with Crippen molar-refractivity contribution < 1.29 is 13.3 Å². The van der Waals surface area contributed by atoms with Crippen molar-refractivity contribution in [2.24, 2.45) is 0 Å². The van der Waals surface area contributed by atoms with Gasteiger partial charge in [0, 0.05) is 27.4 Å². The molecule has 17 heavy (non-hydrogen) atoms. The minimum absolute atomic E-state index is 0.415. The van der Waals surface area contributed by atoms with Crippen LogP contribution in [0.4, 0.5) is 0 Å². The van der Waals surface area contributed by atoms with Crippen LogP contribution in [0.2, 0.25) is 6.04 Å². The zero-order valence-electron chi connectivity index (χ0n) is 10.2. The molecule has 0 atom stereocenters. The molecule has 0 bridgehead atoms. The van der Waals surface area contributed by atoms with Crippen LogP contribution in [0, 0.1) is 11.3 Å². The lowest BCUT2D eigenvalue weighted by Crippen LogP contribution is -2.42. The van der Waals surface area contributed by atoms with Crippen LogP contribution in [0.25, 0.3) is 0 Å². The van der Waals surface area contributed by atoms with Crippen molar-refractivity contribution in [1.29, 1.82) is 5.26 Å². The summed E-state index contributed by atoms with van der Waals surface area (Å²) in [6.07, 6.45) is 0.916. The van der Waals surface area contributed by atoms with Gasteiger partial charge in [0.25, 0.3) is 0 Å². The minimum Gasteiger partial charge on any atom is -0.377 e. The smallest absolute Gasteiger partial charge is 0.377 e. The number of thioether (sulfide) groups is 2. The van der Waals surface area contributed by atoms with Gasteiger partial charge in [-0.3, -0.25) is 0 Å². The summed E-state index contributed by atoms with van der Waals surface area (Å²) in [4.78, 5) is 0. The minimum atomic E-state index is -2.43. The zero-order chi connectivity index (χ0) is 13.1. The summed E-state index contributed by atoms with van der Waals surface area (Å²) >= 11 is 8.09. The van der Waals surface area contributed by atoms with Gasteiger partial charge >= 0.3 is 8.80 Å². The van der Waals surface area contributed by atoms with Crippen molar-refractivity contribution in [3.8, 4) is 6.07 Å². The van der Waals surface area contributed by atoms with Gasteiger partial charge in [0.05, 0.1) is 11.8 Å². The van der Waals surface area contributed by atoms with E-state index < -0.39 is 8.80 Å². The summed E-state index contributed by atoms with van der Waals surface area (Å²) in [7, 11) is 2.40. The largest absolute Gasteiger partial charge is 0.500 e. The van der Waals surface area contributed by atoms with E-state index in [4.69, 9.17) is 30.8 Å². The molecule has 0 saturated carbocycles. The molecule has 0 rings (SSSR count). The average molecular weight is 312 g/mol. The van der Waals surface area contributed by atoms with Gasteiger partial charge in [0.15, 0.2) is 0 Å². The van der Waals surface area contributed by atoms with Crippen LogP contribution in [-0.2, 0) is 13.3 Å². The molecule has 0 aromatic rings. The Balaban J connectivity index is 3.76. The lowest BCUT2D eigenvalue weighted by atomic mass is 10.6. The Morgan fingerprint density at radius 2 is 1.82 bits per heavy atom. The van der Waals surface area contributed by atoms with Gasteiger partial charge in [0.1, 0.15) is 3.53 Å². The Morgan fingerprint density at radius 1 is 1.24 bits per heavy atom. The molecule has 0 saturated heterocycles. The predicted octanol–water partition coefficient (Wildman–Crippen LogP) is 2.53.